The number of nitrogens with two attached hydrogens (primary N) is 1. The molecule has 4 nitrogen and oxygen atoms in total. The van der Waals surface area contributed by atoms with E-state index in [1.54, 1.807) is 0 Å². The van der Waals surface area contributed by atoms with Gasteiger partial charge in [-0.3, -0.25) is 0 Å². The minimum absolute atomic E-state index is 0.704. The monoisotopic (exact) mass is 242 g/mol. The van der Waals surface area contributed by atoms with E-state index >= 15 is 0 Å². The van der Waals surface area contributed by atoms with Gasteiger partial charge in [-0.2, -0.15) is 0 Å². The van der Waals surface area contributed by atoms with Gasteiger partial charge in [-0.1, -0.05) is 18.2 Å². The van der Waals surface area contributed by atoms with Crippen LogP contribution in [0.15, 0.2) is 30.3 Å². The third-order valence-electron chi connectivity index (χ3n) is 2.77. The van der Waals surface area contributed by atoms with Gasteiger partial charge in [-0.15, -0.1) is 0 Å². The molecule has 18 heavy (non-hydrogen) atoms. The molecular formula is C14H18N4. The van der Waals surface area contributed by atoms with E-state index in [0.717, 1.165) is 28.6 Å². The highest BCUT2D eigenvalue weighted by Gasteiger charge is 2.08. The number of aryl methyl sites for hydroxylation is 2. The molecule has 0 aliphatic rings. The molecule has 1 aromatic heterocycles. The first-order valence-corrected chi connectivity index (χ1v) is 5.93. The van der Waals surface area contributed by atoms with Crippen molar-refractivity contribution in [3.63, 3.8) is 0 Å². The first-order chi connectivity index (χ1) is 8.56. The second-order valence-electron chi connectivity index (χ2n) is 4.51. The predicted molar refractivity (Wildman–Crippen MR) is 74.5 cm³/mol. The van der Waals surface area contributed by atoms with Crippen LogP contribution in [0.25, 0.3) is 0 Å². The van der Waals surface area contributed by atoms with Crippen molar-refractivity contribution in [3.8, 4) is 0 Å². The van der Waals surface area contributed by atoms with Gasteiger partial charge in [-0.25, -0.2) is 9.97 Å². The van der Waals surface area contributed by atoms with E-state index in [1.165, 1.54) is 0 Å². The van der Waals surface area contributed by atoms with Crippen LogP contribution >= 0.6 is 0 Å². The largest absolute Gasteiger partial charge is 0.398 e. The average molecular weight is 242 g/mol. The minimum Gasteiger partial charge on any atom is -0.398 e. The number of aromatic nitrogens is 2. The fourth-order valence-corrected chi connectivity index (χ4v) is 1.88. The number of nitrogen functional groups attached to an aromatic ring is 1. The molecule has 2 aromatic rings. The number of anilines is 2. The van der Waals surface area contributed by atoms with Crippen LogP contribution in [0.1, 0.15) is 17.0 Å². The van der Waals surface area contributed by atoms with Crippen molar-refractivity contribution in [2.75, 3.05) is 17.7 Å². The van der Waals surface area contributed by atoms with Gasteiger partial charge in [0.25, 0.3) is 0 Å². The van der Waals surface area contributed by atoms with Gasteiger partial charge in [-0.05, 0) is 31.5 Å². The van der Waals surface area contributed by atoms with Crippen LogP contribution in [0.3, 0.4) is 0 Å². The summed E-state index contributed by atoms with van der Waals surface area (Å²) in [6, 6.07) is 9.82. The fraction of sp³-hybridized carbons (Fsp3) is 0.286. The molecule has 1 heterocycles. The maximum Gasteiger partial charge on any atom is 0.225 e. The van der Waals surface area contributed by atoms with Gasteiger partial charge in [0.15, 0.2) is 0 Å². The second-order valence-corrected chi connectivity index (χ2v) is 4.51. The third-order valence-corrected chi connectivity index (χ3v) is 2.77. The molecule has 94 valence electrons. The Morgan fingerprint density at radius 1 is 1.11 bits per heavy atom. The number of para-hydroxylation sites is 1. The Hall–Kier alpha value is -2.10. The summed E-state index contributed by atoms with van der Waals surface area (Å²) in [5.41, 5.74) is 9.78. The molecule has 0 aliphatic carbocycles. The first-order valence-electron chi connectivity index (χ1n) is 5.93. The number of rotatable bonds is 3. The van der Waals surface area contributed by atoms with Crippen LogP contribution in [0.2, 0.25) is 0 Å². The molecular weight excluding hydrogens is 224 g/mol. The fourth-order valence-electron chi connectivity index (χ4n) is 1.88. The Labute approximate surface area is 107 Å². The van der Waals surface area contributed by atoms with Crippen LogP contribution in [-0.4, -0.2) is 17.0 Å². The molecule has 0 saturated heterocycles. The van der Waals surface area contributed by atoms with Crippen LogP contribution in [0.5, 0.6) is 0 Å². The zero-order valence-electron chi connectivity index (χ0n) is 11.0. The lowest BCUT2D eigenvalue weighted by molar-refractivity contribution is 0.853. The molecule has 0 unspecified atom stereocenters. The highest BCUT2D eigenvalue weighted by Crippen LogP contribution is 2.16. The zero-order chi connectivity index (χ0) is 13.1. The van der Waals surface area contributed by atoms with Gasteiger partial charge < -0.3 is 10.6 Å². The number of hydrogen-bond acceptors (Lipinski definition) is 4. The van der Waals surface area contributed by atoms with E-state index in [9.17, 15) is 0 Å². The summed E-state index contributed by atoms with van der Waals surface area (Å²) in [6.07, 6.45) is 0. The number of nitrogens with zero attached hydrogens (tertiary/aromatic N) is 3. The van der Waals surface area contributed by atoms with Crippen molar-refractivity contribution in [2.45, 2.75) is 20.4 Å². The molecule has 2 N–H and O–H groups in total. The Kier molecular flexibility index (Phi) is 3.46. The van der Waals surface area contributed by atoms with E-state index in [4.69, 9.17) is 5.73 Å². The normalized spacial score (nSPS) is 10.4. The minimum atomic E-state index is 0.704. The van der Waals surface area contributed by atoms with Crippen LogP contribution in [0.4, 0.5) is 11.6 Å². The van der Waals surface area contributed by atoms with Gasteiger partial charge >= 0.3 is 0 Å². The molecule has 0 spiro atoms. The van der Waals surface area contributed by atoms with Crippen LogP contribution in [-0.2, 0) is 6.54 Å². The molecule has 0 radical (unpaired) electrons. The lowest BCUT2D eigenvalue weighted by Crippen LogP contribution is -2.20. The molecule has 0 saturated carbocycles. The molecule has 0 atom stereocenters. The highest BCUT2D eigenvalue weighted by molar-refractivity contribution is 5.48. The third kappa shape index (κ3) is 2.77. The van der Waals surface area contributed by atoms with E-state index in [2.05, 4.69) is 9.97 Å². The van der Waals surface area contributed by atoms with Gasteiger partial charge in [0.1, 0.15) is 0 Å². The molecule has 0 bridgehead atoms. The van der Waals surface area contributed by atoms with Crippen LogP contribution < -0.4 is 10.6 Å². The van der Waals surface area contributed by atoms with E-state index < -0.39 is 0 Å². The number of hydrogen-bond donors (Lipinski definition) is 1. The Morgan fingerprint density at radius 2 is 1.72 bits per heavy atom. The zero-order valence-corrected chi connectivity index (χ0v) is 11.0. The quantitative estimate of drug-likeness (QED) is 0.839. The highest BCUT2D eigenvalue weighted by atomic mass is 15.2. The molecule has 4 heteroatoms. The Bertz CT molecular complexity index is 531. The first kappa shape index (κ1) is 12.4. The second kappa shape index (κ2) is 5.04. The SMILES string of the molecule is Cc1cc(C)nc(N(C)Cc2ccccc2N)n1. The Morgan fingerprint density at radius 3 is 2.33 bits per heavy atom. The lowest BCUT2D eigenvalue weighted by atomic mass is 10.2. The summed E-state index contributed by atoms with van der Waals surface area (Å²) in [5, 5.41) is 0. The van der Waals surface area contributed by atoms with Crippen molar-refractivity contribution >= 4 is 11.6 Å². The lowest BCUT2D eigenvalue weighted by Gasteiger charge is -2.18. The maximum absolute atomic E-state index is 5.94. The summed E-state index contributed by atoms with van der Waals surface area (Å²) in [5.74, 6) is 0.732. The van der Waals surface area contributed by atoms with Crippen molar-refractivity contribution in [1.29, 1.82) is 0 Å². The average Bonchev–Trinajstić information content (AvgIpc) is 2.31. The van der Waals surface area contributed by atoms with Gasteiger partial charge in [0.2, 0.25) is 5.95 Å². The van der Waals surface area contributed by atoms with Gasteiger partial charge in [0.05, 0.1) is 0 Å². The smallest absolute Gasteiger partial charge is 0.225 e. The summed E-state index contributed by atoms with van der Waals surface area (Å²) >= 11 is 0. The summed E-state index contributed by atoms with van der Waals surface area (Å²) in [4.78, 5) is 10.9. The van der Waals surface area contributed by atoms with E-state index in [0.29, 0.717) is 6.54 Å². The summed E-state index contributed by atoms with van der Waals surface area (Å²) in [6.45, 7) is 4.65. The van der Waals surface area contributed by atoms with Gasteiger partial charge in [0, 0.05) is 30.7 Å². The van der Waals surface area contributed by atoms with Crippen molar-refractivity contribution in [3.05, 3.63) is 47.3 Å². The molecule has 2 rings (SSSR count). The summed E-state index contributed by atoms with van der Waals surface area (Å²) < 4.78 is 0. The van der Waals surface area contributed by atoms with E-state index in [1.807, 2.05) is 56.1 Å². The molecule has 0 fully saturated rings. The van der Waals surface area contributed by atoms with E-state index in [-0.39, 0.29) is 0 Å². The van der Waals surface area contributed by atoms with Crippen molar-refractivity contribution in [2.24, 2.45) is 0 Å². The maximum atomic E-state index is 5.94. The molecule has 0 amide bonds. The number of benzene rings is 1. The standard InChI is InChI=1S/C14H18N4/c1-10-8-11(2)17-14(16-10)18(3)9-12-6-4-5-7-13(12)15/h4-8H,9,15H2,1-3H3. The molecule has 1 aromatic carbocycles. The van der Waals surface area contributed by atoms with Crippen molar-refractivity contribution < 1.29 is 0 Å². The van der Waals surface area contributed by atoms with Crippen molar-refractivity contribution in [1.82, 2.24) is 9.97 Å². The molecule has 0 aliphatic heterocycles. The Balaban J connectivity index is 2.22. The topological polar surface area (TPSA) is 55.0 Å². The van der Waals surface area contributed by atoms with Crippen LogP contribution in [0, 0.1) is 13.8 Å². The predicted octanol–water partition coefficient (Wildman–Crippen LogP) is 2.31. The summed E-state index contributed by atoms with van der Waals surface area (Å²) in [7, 11) is 1.97.